The standard InChI is InChI=1S/C19H13BrFN5/c1-11-4-2-3-5-15(11)24-19-16-18(23-9-8-22-16)25-17(26-19)13-10-12(20)6-7-14(13)21/h2-10H,1H3,(H,23,24,25,26). The van der Waals surface area contributed by atoms with Crippen molar-refractivity contribution in [1.82, 2.24) is 19.9 Å². The minimum Gasteiger partial charge on any atom is -0.338 e. The van der Waals surface area contributed by atoms with Gasteiger partial charge >= 0.3 is 0 Å². The van der Waals surface area contributed by atoms with Gasteiger partial charge in [-0.25, -0.2) is 24.3 Å². The molecule has 0 aliphatic heterocycles. The lowest BCUT2D eigenvalue weighted by Gasteiger charge is -2.12. The molecule has 0 unspecified atom stereocenters. The fourth-order valence-corrected chi connectivity index (χ4v) is 2.94. The second-order valence-electron chi connectivity index (χ2n) is 5.69. The van der Waals surface area contributed by atoms with Gasteiger partial charge < -0.3 is 5.32 Å². The summed E-state index contributed by atoms with van der Waals surface area (Å²) in [4.78, 5) is 17.5. The van der Waals surface area contributed by atoms with Crippen LogP contribution in [0.1, 0.15) is 5.56 Å². The van der Waals surface area contributed by atoms with E-state index in [2.05, 4.69) is 41.2 Å². The second-order valence-corrected chi connectivity index (χ2v) is 6.60. The van der Waals surface area contributed by atoms with Crippen molar-refractivity contribution in [3.8, 4) is 11.4 Å². The van der Waals surface area contributed by atoms with Crippen molar-refractivity contribution in [2.45, 2.75) is 6.92 Å². The van der Waals surface area contributed by atoms with E-state index in [9.17, 15) is 4.39 Å². The van der Waals surface area contributed by atoms with Crippen molar-refractivity contribution in [2.75, 3.05) is 5.32 Å². The maximum absolute atomic E-state index is 14.3. The summed E-state index contributed by atoms with van der Waals surface area (Å²) in [6.45, 7) is 1.99. The Morgan fingerprint density at radius 2 is 1.81 bits per heavy atom. The van der Waals surface area contributed by atoms with Gasteiger partial charge in [0.1, 0.15) is 5.82 Å². The third-order valence-electron chi connectivity index (χ3n) is 3.90. The average molecular weight is 410 g/mol. The quantitative estimate of drug-likeness (QED) is 0.513. The first-order valence-electron chi connectivity index (χ1n) is 7.88. The molecule has 4 rings (SSSR count). The minimum atomic E-state index is -0.404. The van der Waals surface area contributed by atoms with E-state index in [1.807, 2.05) is 31.2 Å². The van der Waals surface area contributed by atoms with E-state index in [0.29, 0.717) is 22.5 Å². The van der Waals surface area contributed by atoms with Gasteiger partial charge in [-0.2, -0.15) is 0 Å². The lowest BCUT2D eigenvalue weighted by Crippen LogP contribution is -2.03. The highest BCUT2D eigenvalue weighted by molar-refractivity contribution is 9.10. The predicted molar refractivity (Wildman–Crippen MR) is 103 cm³/mol. The summed E-state index contributed by atoms with van der Waals surface area (Å²) >= 11 is 3.36. The van der Waals surface area contributed by atoms with Gasteiger partial charge in [0, 0.05) is 22.6 Å². The molecule has 1 N–H and O–H groups in total. The molecule has 0 atom stereocenters. The first-order chi connectivity index (χ1) is 12.6. The molecule has 2 aromatic carbocycles. The summed E-state index contributed by atoms with van der Waals surface area (Å²) in [5.74, 6) is 0.318. The zero-order valence-corrected chi connectivity index (χ0v) is 15.3. The van der Waals surface area contributed by atoms with Gasteiger partial charge in [-0.3, -0.25) is 0 Å². The summed E-state index contributed by atoms with van der Waals surface area (Å²) < 4.78 is 15.1. The summed E-state index contributed by atoms with van der Waals surface area (Å²) in [6.07, 6.45) is 3.13. The van der Waals surface area contributed by atoms with Crippen LogP contribution < -0.4 is 5.32 Å². The monoisotopic (exact) mass is 409 g/mol. The van der Waals surface area contributed by atoms with Gasteiger partial charge in [0.15, 0.2) is 22.8 Å². The Bertz CT molecular complexity index is 1120. The van der Waals surface area contributed by atoms with E-state index in [1.54, 1.807) is 24.5 Å². The van der Waals surface area contributed by atoms with E-state index in [0.717, 1.165) is 15.7 Å². The topological polar surface area (TPSA) is 63.6 Å². The van der Waals surface area contributed by atoms with E-state index in [1.165, 1.54) is 6.07 Å². The average Bonchev–Trinajstić information content (AvgIpc) is 2.65. The molecule has 7 heteroatoms. The molecule has 26 heavy (non-hydrogen) atoms. The summed E-state index contributed by atoms with van der Waals surface area (Å²) in [6, 6.07) is 12.5. The SMILES string of the molecule is Cc1ccccc1Nc1nc(-c2cc(Br)ccc2F)nc2nccnc12. The Morgan fingerprint density at radius 3 is 2.65 bits per heavy atom. The molecule has 0 amide bonds. The largest absolute Gasteiger partial charge is 0.338 e. The van der Waals surface area contributed by atoms with E-state index < -0.39 is 5.82 Å². The van der Waals surface area contributed by atoms with Crippen LogP contribution in [0.4, 0.5) is 15.9 Å². The minimum absolute atomic E-state index is 0.243. The first kappa shape index (κ1) is 16.5. The third-order valence-corrected chi connectivity index (χ3v) is 4.39. The van der Waals surface area contributed by atoms with Gasteiger partial charge in [-0.1, -0.05) is 34.1 Å². The number of nitrogens with one attached hydrogen (secondary N) is 1. The fourth-order valence-electron chi connectivity index (χ4n) is 2.58. The molecule has 0 fully saturated rings. The molecule has 4 aromatic rings. The Labute approximate surface area is 157 Å². The molecular weight excluding hydrogens is 397 g/mol. The second kappa shape index (κ2) is 6.76. The molecule has 128 valence electrons. The van der Waals surface area contributed by atoms with Crippen LogP contribution in [0.5, 0.6) is 0 Å². The van der Waals surface area contributed by atoms with Gasteiger partial charge in [-0.15, -0.1) is 0 Å². The van der Waals surface area contributed by atoms with Crippen LogP contribution in [0.15, 0.2) is 59.3 Å². The van der Waals surface area contributed by atoms with Gasteiger partial charge in [-0.05, 0) is 36.8 Å². The molecular formula is C19H13BrFN5. The molecule has 2 heterocycles. The van der Waals surface area contributed by atoms with E-state index >= 15 is 0 Å². The number of para-hydroxylation sites is 1. The zero-order valence-electron chi connectivity index (χ0n) is 13.7. The first-order valence-corrected chi connectivity index (χ1v) is 8.68. The lowest BCUT2D eigenvalue weighted by molar-refractivity contribution is 0.630. The molecule has 2 aromatic heterocycles. The Hall–Kier alpha value is -2.93. The molecule has 0 radical (unpaired) electrons. The number of aryl methyl sites for hydroxylation is 1. The van der Waals surface area contributed by atoms with Crippen LogP contribution >= 0.6 is 15.9 Å². The molecule has 0 aliphatic rings. The molecule has 0 saturated carbocycles. The Balaban J connectivity index is 1.91. The number of rotatable bonds is 3. The number of fused-ring (bicyclic) bond motifs is 1. The van der Waals surface area contributed by atoms with Crippen LogP contribution in [0.3, 0.4) is 0 Å². The van der Waals surface area contributed by atoms with Crippen LogP contribution in [0.25, 0.3) is 22.6 Å². The van der Waals surface area contributed by atoms with Crippen LogP contribution in [0, 0.1) is 12.7 Å². The highest BCUT2D eigenvalue weighted by Crippen LogP contribution is 2.29. The molecule has 0 saturated heterocycles. The van der Waals surface area contributed by atoms with Crippen LogP contribution in [-0.4, -0.2) is 19.9 Å². The number of hydrogen-bond acceptors (Lipinski definition) is 5. The van der Waals surface area contributed by atoms with E-state index in [4.69, 9.17) is 0 Å². The molecule has 5 nitrogen and oxygen atoms in total. The van der Waals surface area contributed by atoms with Gasteiger partial charge in [0.25, 0.3) is 0 Å². The fraction of sp³-hybridized carbons (Fsp3) is 0.0526. The highest BCUT2D eigenvalue weighted by Gasteiger charge is 2.15. The molecule has 0 aliphatic carbocycles. The highest BCUT2D eigenvalue weighted by atomic mass is 79.9. The lowest BCUT2D eigenvalue weighted by atomic mass is 10.2. The number of halogens is 2. The van der Waals surface area contributed by atoms with Gasteiger partial charge in [0.2, 0.25) is 0 Å². The smallest absolute Gasteiger partial charge is 0.184 e. The van der Waals surface area contributed by atoms with Crippen molar-refractivity contribution in [3.05, 3.63) is 70.7 Å². The third kappa shape index (κ3) is 3.13. The van der Waals surface area contributed by atoms with Crippen molar-refractivity contribution in [3.63, 3.8) is 0 Å². The maximum Gasteiger partial charge on any atom is 0.184 e. The Morgan fingerprint density at radius 1 is 1.00 bits per heavy atom. The van der Waals surface area contributed by atoms with Crippen molar-refractivity contribution < 1.29 is 4.39 Å². The maximum atomic E-state index is 14.3. The number of anilines is 2. The number of aromatic nitrogens is 4. The van der Waals surface area contributed by atoms with E-state index in [-0.39, 0.29) is 5.82 Å². The predicted octanol–water partition coefficient (Wildman–Crippen LogP) is 5.04. The molecule has 0 spiro atoms. The van der Waals surface area contributed by atoms with Gasteiger partial charge in [0.05, 0.1) is 5.56 Å². The zero-order chi connectivity index (χ0) is 18.1. The van der Waals surface area contributed by atoms with Crippen LogP contribution in [-0.2, 0) is 0 Å². The number of hydrogen-bond donors (Lipinski definition) is 1. The summed E-state index contributed by atoms with van der Waals surface area (Å²) in [7, 11) is 0. The van der Waals surface area contributed by atoms with Crippen molar-refractivity contribution in [2.24, 2.45) is 0 Å². The van der Waals surface area contributed by atoms with Crippen molar-refractivity contribution >= 4 is 38.6 Å². The normalized spacial score (nSPS) is 10.9. The Kier molecular flexibility index (Phi) is 4.30. The number of nitrogens with zero attached hydrogens (tertiary/aromatic N) is 4. The van der Waals surface area contributed by atoms with Crippen LogP contribution in [0.2, 0.25) is 0 Å². The summed E-state index contributed by atoms with van der Waals surface area (Å²) in [5, 5.41) is 3.27. The summed E-state index contributed by atoms with van der Waals surface area (Å²) in [5.41, 5.74) is 3.15. The van der Waals surface area contributed by atoms with Crippen molar-refractivity contribution in [1.29, 1.82) is 0 Å². The number of benzene rings is 2. The molecule has 0 bridgehead atoms.